The Labute approximate surface area is 137 Å². The van der Waals surface area contributed by atoms with E-state index in [4.69, 9.17) is 10.5 Å². The van der Waals surface area contributed by atoms with Crippen molar-refractivity contribution in [3.8, 4) is 0 Å². The summed E-state index contributed by atoms with van der Waals surface area (Å²) in [5, 5.41) is 14.2. The van der Waals surface area contributed by atoms with Crippen LogP contribution in [0.2, 0.25) is 0 Å². The number of aliphatic hydroxyl groups is 1. The first-order valence-electron chi connectivity index (χ1n) is 7.84. The number of nitrogens with one attached hydrogen (secondary N) is 2. The summed E-state index contributed by atoms with van der Waals surface area (Å²) in [4.78, 5) is 35.1. The molecule has 0 aliphatic carbocycles. The number of ether oxygens (including phenoxy) is 1. The zero-order valence-corrected chi connectivity index (χ0v) is 14.3. The lowest BCUT2D eigenvalue weighted by atomic mass is 10.0. The van der Waals surface area contributed by atoms with Crippen LogP contribution < -0.4 is 16.4 Å². The molecule has 5 N–H and O–H groups in total. The van der Waals surface area contributed by atoms with Crippen molar-refractivity contribution < 1.29 is 24.2 Å². The van der Waals surface area contributed by atoms with E-state index >= 15 is 0 Å². The molecule has 1 unspecified atom stereocenters. The Morgan fingerprint density at radius 3 is 2.30 bits per heavy atom. The zero-order valence-electron chi connectivity index (χ0n) is 14.3. The minimum absolute atomic E-state index is 0.0430. The molecule has 0 aromatic carbocycles. The molecule has 0 aromatic rings. The second kappa shape index (κ2) is 11.1. The monoisotopic (exact) mass is 331 g/mol. The van der Waals surface area contributed by atoms with Gasteiger partial charge in [-0.3, -0.25) is 14.4 Å². The van der Waals surface area contributed by atoms with Gasteiger partial charge in [0.2, 0.25) is 11.8 Å². The van der Waals surface area contributed by atoms with Gasteiger partial charge in [-0.05, 0) is 19.3 Å². The number of ketones is 1. The fourth-order valence-corrected chi connectivity index (χ4v) is 1.59. The maximum absolute atomic E-state index is 11.8. The second-order valence-electron chi connectivity index (χ2n) is 5.81. The van der Waals surface area contributed by atoms with Crippen molar-refractivity contribution in [3.63, 3.8) is 0 Å². The van der Waals surface area contributed by atoms with Gasteiger partial charge >= 0.3 is 0 Å². The standard InChI is InChI=1S/C15H29N3O5/c1-5-6-12(20)23-8-11(19)7-17-14(21)10(4)18-15(22)13(16)9(2)3/h9-10,12-13,20H,5-8,16H2,1-4H3,(H,17,21)(H,18,22)/t10-,12?,13-/m0/s1. The van der Waals surface area contributed by atoms with Gasteiger partial charge in [0.05, 0.1) is 12.6 Å². The van der Waals surface area contributed by atoms with Crippen LogP contribution in [0.1, 0.15) is 40.5 Å². The van der Waals surface area contributed by atoms with Gasteiger partial charge in [-0.15, -0.1) is 0 Å². The molecule has 8 heteroatoms. The van der Waals surface area contributed by atoms with Crippen LogP contribution in [0.15, 0.2) is 0 Å². The molecule has 3 atom stereocenters. The molecule has 0 spiro atoms. The normalized spacial score (nSPS) is 14.9. The van der Waals surface area contributed by atoms with Gasteiger partial charge in [0.15, 0.2) is 12.1 Å². The number of hydrogen-bond donors (Lipinski definition) is 4. The average molecular weight is 331 g/mol. The Balaban J connectivity index is 4.09. The van der Waals surface area contributed by atoms with Crippen molar-refractivity contribution >= 4 is 17.6 Å². The number of carbonyl (C=O) groups is 3. The van der Waals surface area contributed by atoms with Crippen LogP contribution in [0.3, 0.4) is 0 Å². The minimum Gasteiger partial charge on any atom is -0.368 e. The number of nitrogens with two attached hydrogens (primary N) is 1. The fraction of sp³-hybridized carbons (Fsp3) is 0.800. The highest BCUT2D eigenvalue weighted by Crippen LogP contribution is 1.99. The number of hydrogen-bond acceptors (Lipinski definition) is 6. The molecule has 2 amide bonds. The molecular formula is C15H29N3O5. The van der Waals surface area contributed by atoms with E-state index in [1.807, 2.05) is 6.92 Å². The maximum atomic E-state index is 11.8. The van der Waals surface area contributed by atoms with Crippen LogP contribution in [0.5, 0.6) is 0 Å². The molecule has 0 radical (unpaired) electrons. The number of Topliss-reactive ketones (excluding diaryl/α,β-unsaturated/α-hetero) is 1. The molecule has 0 rings (SSSR count). The van der Waals surface area contributed by atoms with Crippen LogP contribution in [-0.4, -0.2) is 54.2 Å². The lowest BCUT2D eigenvalue weighted by Gasteiger charge is -2.19. The van der Waals surface area contributed by atoms with Gasteiger partial charge in [-0.25, -0.2) is 0 Å². The molecule has 0 aliphatic heterocycles. The summed E-state index contributed by atoms with van der Waals surface area (Å²) in [6.45, 7) is 6.50. The van der Waals surface area contributed by atoms with Gasteiger partial charge < -0.3 is 26.2 Å². The lowest BCUT2D eigenvalue weighted by Crippen LogP contribution is -2.52. The van der Waals surface area contributed by atoms with Gasteiger partial charge in [-0.2, -0.15) is 0 Å². The third-order valence-corrected chi connectivity index (χ3v) is 3.21. The molecule has 0 aromatic heterocycles. The summed E-state index contributed by atoms with van der Waals surface area (Å²) >= 11 is 0. The summed E-state index contributed by atoms with van der Waals surface area (Å²) in [6, 6.07) is -1.49. The Morgan fingerprint density at radius 1 is 1.17 bits per heavy atom. The molecule has 0 bridgehead atoms. The summed E-state index contributed by atoms with van der Waals surface area (Å²) in [5.74, 6) is -1.32. The number of rotatable bonds is 11. The highest BCUT2D eigenvalue weighted by Gasteiger charge is 2.22. The molecule has 8 nitrogen and oxygen atoms in total. The van der Waals surface area contributed by atoms with Crippen LogP contribution in [0, 0.1) is 5.92 Å². The predicted molar refractivity (Wildman–Crippen MR) is 85.3 cm³/mol. The number of aliphatic hydroxyl groups excluding tert-OH is 1. The molecule has 134 valence electrons. The SMILES string of the molecule is CCCC(O)OCC(=O)CNC(=O)[C@H](C)NC(=O)[C@@H](N)C(C)C. The highest BCUT2D eigenvalue weighted by atomic mass is 16.6. The Kier molecular flexibility index (Phi) is 10.4. The van der Waals surface area contributed by atoms with Crippen LogP contribution in [0.25, 0.3) is 0 Å². The van der Waals surface area contributed by atoms with Gasteiger partial charge in [0.1, 0.15) is 12.6 Å². The largest absolute Gasteiger partial charge is 0.368 e. The number of carbonyl (C=O) groups excluding carboxylic acids is 3. The Bertz CT molecular complexity index is 401. The van der Waals surface area contributed by atoms with Gasteiger partial charge in [0, 0.05) is 0 Å². The van der Waals surface area contributed by atoms with E-state index in [1.165, 1.54) is 6.92 Å². The summed E-state index contributed by atoms with van der Waals surface area (Å²) < 4.78 is 4.93. The highest BCUT2D eigenvalue weighted by molar-refractivity contribution is 5.92. The van der Waals surface area contributed by atoms with E-state index < -0.39 is 30.2 Å². The first-order chi connectivity index (χ1) is 10.7. The molecule has 0 aliphatic rings. The van der Waals surface area contributed by atoms with E-state index in [0.717, 1.165) is 6.42 Å². The van der Waals surface area contributed by atoms with Crippen LogP contribution in [-0.2, 0) is 19.1 Å². The lowest BCUT2D eigenvalue weighted by molar-refractivity contribution is -0.140. The Hall–Kier alpha value is -1.51. The first-order valence-corrected chi connectivity index (χ1v) is 7.84. The fourth-order valence-electron chi connectivity index (χ4n) is 1.59. The minimum atomic E-state index is -0.976. The van der Waals surface area contributed by atoms with Crippen molar-refractivity contribution in [2.45, 2.75) is 58.9 Å². The Morgan fingerprint density at radius 2 is 1.78 bits per heavy atom. The van der Waals surface area contributed by atoms with Gasteiger partial charge in [-0.1, -0.05) is 27.2 Å². The third-order valence-electron chi connectivity index (χ3n) is 3.21. The molecule has 0 saturated heterocycles. The van der Waals surface area contributed by atoms with E-state index in [-0.39, 0.29) is 24.9 Å². The smallest absolute Gasteiger partial charge is 0.242 e. The van der Waals surface area contributed by atoms with Crippen molar-refractivity contribution in [1.29, 1.82) is 0 Å². The quantitative estimate of drug-likeness (QED) is 0.370. The molecule has 0 fully saturated rings. The van der Waals surface area contributed by atoms with Crippen LogP contribution in [0.4, 0.5) is 0 Å². The average Bonchev–Trinajstić information content (AvgIpc) is 2.49. The predicted octanol–water partition coefficient (Wildman–Crippen LogP) is -0.705. The molecular weight excluding hydrogens is 302 g/mol. The summed E-state index contributed by atoms with van der Waals surface area (Å²) in [6.07, 6.45) is 0.205. The summed E-state index contributed by atoms with van der Waals surface area (Å²) in [7, 11) is 0. The van der Waals surface area contributed by atoms with E-state index in [0.29, 0.717) is 6.42 Å². The van der Waals surface area contributed by atoms with Crippen molar-refractivity contribution in [2.75, 3.05) is 13.2 Å². The summed E-state index contributed by atoms with van der Waals surface area (Å²) in [5.41, 5.74) is 5.69. The van der Waals surface area contributed by atoms with Crippen molar-refractivity contribution in [3.05, 3.63) is 0 Å². The molecule has 23 heavy (non-hydrogen) atoms. The zero-order chi connectivity index (χ0) is 18.0. The second-order valence-corrected chi connectivity index (χ2v) is 5.81. The van der Waals surface area contributed by atoms with Crippen LogP contribution >= 0.6 is 0 Å². The molecule has 0 heterocycles. The van der Waals surface area contributed by atoms with Crippen molar-refractivity contribution in [2.24, 2.45) is 11.7 Å². The van der Waals surface area contributed by atoms with E-state index in [9.17, 15) is 19.5 Å². The van der Waals surface area contributed by atoms with E-state index in [1.54, 1.807) is 13.8 Å². The maximum Gasteiger partial charge on any atom is 0.242 e. The topological polar surface area (TPSA) is 131 Å². The third kappa shape index (κ3) is 9.27. The number of amides is 2. The first kappa shape index (κ1) is 21.5. The molecule has 0 saturated carbocycles. The van der Waals surface area contributed by atoms with Crippen molar-refractivity contribution in [1.82, 2.24) is 10.6 Å². The van der Waals surface area contributed by atoms with Gasteiger partial charge in [0.25, 0.3) is 0 Å². The van der Waals surface area contributed by atoms with E-state index in [2.05, 4.69) is 10.6 Å².